The van der Waals surface area contributed by atoms with Gasteiger partial charge < -0.3 is 14.5 Å². The van der Waals surface area contributed by atoms with E-state index in [1.165, 1.54) is 6.07 Å². The van der Waals surface area contributed by atoms with Crippen molar-refractivity contribution in [3.8, 4) is 0 Å². The Morgan fingerprint density at radius 3 is 2.63 bits per heavy atom. The first kappa shape index (κ1) is 18.0. The number of piperidine rings is 1. The van der Waals surface area contributed by atoms with Crippen LogP contribution in [0.2, 0.25) is 0 Å². The first-order valence-electron chi connectivity index (χ1n) is 9.71. The van der Waals surface area contributed by atoms with E-state index >= 15 is 0 Å². The molecule has 2 heterocycles. The molecule has 2 aromatic rings. The van der Waals surface area contributed by atoms with Crippen molar-refractivity contribution in [3.05, 3.63) is 65.5 Å². The van der Waals surface area contributed by atoms with Gasteiger partial charge in [-0.1, -0.05) is 18.2 Å². The molecule has 0 aromatic heterocycles. The SMILES string of the molecule is O=C(c1cccc(N2CCOCC2)c1)N1CCCCC1c1cccc(F)c1. The summed E-state index contributed by atoms with van der Waals surface area (Å²) in [6.45, 7) is 3.82. The summed E-state index contributed by atoms with van der Waals surface area (Å²) in [5.74, 6) is -0.223. The topological polar surface area (TPSA) is 32.8 Å². The number of benzene rings is 2. The summed E-state index contributed by atoms with van der Waals surface area (Å²) in [5.41, 5.74) is 2.64. The molecule has 2 aromatic carbocycles. The van der Waals surface area contributed by atoms with Crippen LogP contribution in [0.1, 0.15) is 41.2 Å². The van der Waals surface area contributed by atoms with Gasteiger partial charge in [0.05, 0.1) is 19.3 Å². The highest BCUT2D eigenvalue weighted by atomic mass is 19.1. The summed E-state index contributed by atoms with van der Waals surface area (Å²) >= 11 is 0. The van der Waals surface area contributed by atoms with E-state index in [4.69, 9.17) is 4.74 Å². The molecule has 4 nitrogen and oxygen atoms in total. The zero-order valence-electron chi connectivity index (χ0n) is 15.4. The van der Waals surface area contributed by atoms with Gasteiger partial charge in [0.1, 0.15) is 5.82 Å². The lowest BCUT2D eigenvalue weighted by molar-refractivity contribution is 0.0611. The molecule has 4 rings (SSSR count). The van der Waals surface area contributed by atoms with Gasteiger partial charge in [0.2, 0.25) is 0 Å². The third-order valence-corrected chi connectivity index (χ3v) is 5.47. The Kier molecular flexibility index (Phi) is 5.39. The molecule has 2 aliphatic heterocycles. The lowest BCUT2D eigenvalue weighted by Crippen LogP contribution is -2.39. The molecule has 2 aliphatic rings. The van der Waals surface area contributed by atoms with Crippen LogP contribution in [0.3, 0.4) is 0 Å². The van der Waals surface area contributed by atoms with Crippen molar-refractivity contribution in [2.75, 3.05) is 37.7 Å². The van der Waals surface area contributed by atoms with Crippen LogP contribution in [0.15, 0.2) is 48.5 Å². The van der Waals surface area contributed by atoms with Crippen LogP contribution >= 0.6 is 0 Å². The number of amides is 1. The maximum atomic E-state index is 13.7. The molecule has 1 unspecified atom stereocenters. The normalized spacial score (nSPS) is 20.6. The molecule has 27 heavy (non-hydrogen) atoms. The largest absolute Gasteiger partial charge is 0.378 e. The highest BCUT2D eigenvalue weighted by Gasteiger charge is 2.29. The Morgan fingerprint density at radius 2 is 1.81 bits per heavy atom. The average Bonchev–Trinajstić information content (AvgIpc) is 2.74. The zero-order chi connectivity index (χ0) is 18.6. The fourth-order valence-electron chi connectivity index (χ4n) is 4.06. The second-order valence-electron chi connectivity index (χ2n) is 7.21. The molecule has 0 spiro atoms. The van der Waals surface area contributed by atoms with E-state index < -0.39 is 0 Å². The van der Waals surface area contributed by atoms with E-state index in [1.54, 1.807) is 12.1 Å². The van der Waals surface area contributed by atoms with Crippen LogP contribution in [-0.2, 0) is 4.74 Å². The van der Waals surface area contributed by atoms with E-state index in [1.807, 2.05) is 35.2 Å². The van der Waals surface area contributed by atoms with E-state index in [-0.39, 0.29) is 17.8 Å². The lowest BCUT2D eigenvalue weighted by atomic mass is 9.94. The van der Waals surface area contributed by atoms with Gasteiger partial charge in [0, 0.05) is 30.9 Å². The minimum absolute atomic E-state index is 0.0269. The molecule has 0 aliphatic carbocycles. The van der Waals surface area contributed by atoms with E-state index in [0.29, 0.717) is 25.3 Å². The van der Waals surface area contributed by atoms with Crippen molar-refractivity contribution in [2.45, 2.75) is 25.3 Å². The van der Waals surface area contributed by atoms with E-state index in [9.17, 15) is 9.18 Å². The van der Waals surface area contributed by atoms with Gasteiger partial charge in [-0.05, 0) is 55.2 Å². The van der Waals surface area contributed by atoms with Gasteiger partial charge in [-0.2, -0.15) is 0 Å². The predicted molar refractivity (Wildman–Crippen MR) is 104 cm³/mol. The fraction of sp³-hybridized carbons (Fsp3) is 0.409. The summed E-state index contributed by atoms with van der Waals surface area (Å²) in [4.78, 5) is 17.5. The fourth-order valence-corrected chi connectivity index (χ4v) is 4.06. The number of ether oxygens (including phenoxy) is 1. The zero-order valence-corrected chi connectivity index (χ0v) is 15.4. The quantitative estimate of drug-likeness (QED) is 0.820. The molecule has 2 saturated heterocycles. The minimum Gasteiger partial charge on any atom is -0.378 e. The third-order valence-electron chi connectivity index (χ3n) is 5.47. The number of halogens is 1. The Bertz CT molecular complexity index is 804. The third kappa shape index (κ3) is 3.98. The Labute approximate surface area is 159 Å². The summed E-state index contributed by atoms with van der Waals surface area (Å²) in [7, 11) is 0. The van der Waals surface area contributed by atoms with Crippen molar-refractivity contribution in [1.29, 1.82) is 0 Å². The standard InChI is InChI=1S/C22H25FN2O2/c23-19-7-3-5-17(15-19)21-9-1-2-10-25(21)22(26)18-6-4-8-20(16-18)24-11-13-27-14-12-24/h3-8,15-16,21H,1-2,9-14H2. The molecule has 142 valence electrons. The minimum atomic E-state index is -0.250. The number of morpholine rings is 1. The molecule has 0 bridgehead atoms. The van der Waals surface area contributed by atoms with Gasteiger partial charge in [-0.25, -0.2) is 4.39 Å². The van der Waals surface area contributed by atoms with Crippen LogP contribution in [0.5, 0.6) is 0 Å². The first-order chi connectivity index (χ1) is 13.2. The number of likely N-dealkylation sites (tertiary alicyclic amines) is 1. The summed E-state index contributed by atoms with van der Waals surface area (Å²) in [6, 6.07) is 14.4. The molecular formula is C22H25FN2O2. The number of hydrogen-bond acceptors (Lipinski definition) is 3. The Balaban J connectivity index is 1.58. The van der Waals surface area contributed by atoms with Gasteiger partial charge in [-0.15, -0.1) is 0 Å². The van der Waals surface area contributed by atoms with Crippen molar-refractivity contribution in [3.63, 3.8) is 0 Å². The Morgan fingerprint density at radius 1 is 1.00 bits per heavy atom. The molecule has 0 N–H and O–H groups in total. The molecule has 1 amide bonds. The number of hydrogen-bond donors (Lipinski definition) is 0. The highest BCUT2D eigenvalue weighted by Crippen LogP contribution is 2.33. The van der Waals surface area contributed by atoms with E-state index in [0.717, 1.165) is 43.6 Å². The van der Waals surface area contributed by atoms with Crippen LogP contribution in [0.4, 0.5) is 10.1 Å². The van der Waals surface area contributed by atoms with Crippen LogP contribution in [0.25, 0.3) is 0 Å². The van der Waals surface area contributed by atoms with Crippen molar-refractivity contribution in [1.82, 2.24) is 4.90 Å². The number of rotatable bonds is 3. The molecular weight excluding hydrogens is 343 g/mol. The van der Waals surface area contributed by atoms with Crippen molar-refractivity contribution in [2.24, 2.45) is 0 Å². The van der Waals surface area contributed by atoms with Gasteiger partial charge >= 0.3 is 0 Å². The van der Waals surface area contributed by atoms with Crippen LogP contribution in [-0.4, -0.2) is 43.7 Å². The maximum Gasteiger partial charge on any atom is 0.254 e. The number of anilines is 1. The molecule has 1 atom stereocenters. The monoisotopic (exact) mass is 368 g/mol. The van der Waals surface area contributed by atoms with Crippen molar-refractivity contribution >= 4 is 11.6 Å². The molecule has 2 fully saturated rings. The molecule has 0 saturated carbocycles. The van der Waals surface area contributed by atoms with Crippen LogP contribution in [0, 0.1) is 5.82 Å². The van der Waals surface area contributed by atoms with Gasteiger partial charge in [0.15, 0.2) is 0 Å². The summed E-state index contributed by atoms with van der Waals surface area (Å²) in [6.07, 6.45) is 2.91. The lowest BCUT2D eigenvalue weighted by Gasteiger charge is -2.36. The van der Waals surface area contributed by atoms with E-state index in [2.05, 4.69) is 4.90 Å². The van der Waals surface area contributed by atoms with Gasteiger partial charge in [-0.3, -0.25) is 4.79 Å². The number of nitrogens with zero attached hydrogens (tertiary/aromatic N) is 2. The summed E-state index contributed by atoms with van der Waals surface area (Å²) in [5, 5.41) is 0. The second-order valence-corrected chi connectivity index (χ2v) is 7.21. The van der Waals surface area contributed by atoms with Crippen molar-refractivity contribution < 1.29 is 13.9 Å². The average molecular weight is 368 g/mol. The maximum absolute atomic E-state index is 13.7. The highest BCUT2D eigenvalue weighted by molar-refractivity contribution is 5.95. The van der Waals surface area contributed by atoms with Crippen LogP contribution < -0.4 is 4.90 Å². The first-order valence-corrected chi connectivity index (χ1v) is 9.71. The number of carbonyl (C=O) groups is 1. The number of carbonyl (C=O) groups excluding carboxylic acids is 1. The smallest absolute Gasteiger partial charge is 0.254 e. The second kappa shape index (κ2) is 8.09. The van der Waals surface area contributed by atoms with Gasteiger partial charge in [0.25, 0.3) is 5.91 Å². The Hall–Kier alpha value is -2.40. The molecule has 5 heteroatoms. The predicted octanol–water partition coefficient (Wildman–Crippen LogP) is 4.03. The summed E-state index contributed by atoms with van der Waals surface area (Å²) < 4.78 is 19.1. The molecule has 0 radical (unpaired) electrons.